The number of amides is 2. The quantitative estimate of drug-likeness (QED) is 0.775. The molecule has 2 aliphatic heterocycles. The Morgan fingerprint density at radius 2 is 1.95 bits per heavy atom. The van der Waals surface area contributed by atoms with Crippen molar-refractivity contribution in [2.45, 2.75) is 58.5 Å². The van der Waals surface area contributed by atoms with Crippen LogP contribution >= 0.6 is 0 Å². The van der Waals surface area contributed by atoms with E-state index in [2.05, 4.69) is 24.2 Å². The first kappa shape index (κ1) is 16.4. The number of carbonyl (C=O) groups is 2. The summed E-state index contributed by atoms with van der Waals surface area (Å²) >= 11 is 0. The van der Waals surface area contributed by atoms with Crippen molar-refractivity contribution < 1.29 is 9.59 Å². The standard InChI is InChI=1S/C16H29N3O2/c1-5-12(2)19-14(20)10-13(15(19)21)17-11-16(3)6-8-18(4)9-7-16/h12-13,17H,5-11H2,1-4H3. The van der Waals surface area contributed by atoms with E-state index in [0.717, 1.165) is 38.9 Å². The second-order valence-corrected chi connectivity index (χ2v) is 7.11. The van der Waals surface area contributed by atoms with E-state index in [4.69, 9.17) is 0 Å². The zero-order valence-electron chi connectivity index (χ0n) is 13.8. The fourth-order valence-electron chi connectivity index (χ4n) is 3.16. The van der Waals surface area contributed by atoms with E-state index in [1.54, 1.807) is 0 Å². The molecule has 0 aromatic rings. The highest BCUT2D eigenvalue weighted by Crippen LogP contribution is 2.30. The topological polar surface area (TPSA) is 52.7 Å². The highest BCUT2D eigenvalue weighted by molar-refractivity contribution is 6.05. The second kappa shape index (κ2) is 6.44. The first-order valence-electron chi connectivity index (χ1n) is 8.14. The van der Waals surface area contributed by atoms with Crippen LogP contribution in [0.1, 0.15) is 46.5 Å². The van der Waals surface area contributed by atoms with Crippen molar-refractivity contribution in [2.75, 3.05) is 26.7 Å². The lowest BCUT2D eigenvalue weighted by atomic mass is 9.80. The third-order valence-electron chi connectivity index (χ3n) is 5.18. The van der Waals surface area contributed by atoms with Crippen molar-refractivity contribution >= 4 is 11.8 Å². The molecule has 2 aliphatic rings. The van der Waals surface area contributed by atoms with E-state index in [0.29, 0.717) is 6.42 Å². The zero-order valence-corrected chi connectivity index (χ0v) is 13.8. The number of nitrogens with one attached hydrogen (secondary N) is 1. The SMILES string of the molecule is CCC(C)N1C(=O)CC(NCC2(C)CCN(C)CC2)C1=O. The van der Waals surface area contributed by atoms with Gasteiger partial charge in [0.2, 0.25) is 11.8 Å². The molecular weight excluding hydrogens is 266 g/mol. The number of piperidine rings is 1. The maximum atomic E-state index is 12.4. The highest BCUT2D eigenvalue weighted by atomic mass is 16.2. The molecule has 2 fully saturated rings. The molecule has 2 atom stereocenters. The molecule has 0 bridgehead atoms. The smallest absolute Gasteiger partial charge is 0.247 e. The average Bonchev–Trinajstić information content (AvgIpc) is 2.74. The van der Waals surface area contributed by atoms with Crippen LogP contribution in [0.4, 0.5) is 0 Å². The number of nitrogens with zero attached hydrogens (tertiary/aromatic N) is 2. The summed E-state index contributed by atoms with van der Waals surface area (Å²) in [4.78, 5) is 28.2. The summed E-state index contributed by atoms with van der Waals surface area (Å²) in [7, 11) is 2.15. The summed E-state index contributed by atoms with van der Waals surface area (Å²) in [6.45, 7) is 9.25. The Morgan fingerprint density at radius 1 is 1.33 bits per heavy atom. The molecule has 0 saturated carbocycles. The molecule has 120 valence electrons. The fraction of sp³-hybridized carbons (Fsp3) is 0.875. The molecule has 0 radical (unpaired) electrons. The van der Waals surface area contributed by atoms with Gasteiger partial charge < -0.3 is 10.2 Å². The van der Waals surface area contributed by atoms with Crippen molar-refractivity contribution in [3.63, 3.8) is 0 Å². The first-order valence-corrected chi connectivity index (χ1v) is 8.14. The van der Waals surface area contributed by atoms with Gasteiger partial charge in [0.05, 0.1) is 12.5 Å². The number of likely N-dealkylation sites (tertiary alicyclic amines) is 2. The lowest BCUT2D eigenvalue weighted by Gasteiger charge is -2.38. The first-order chi connectivity index (χ1) is 9.86. The van der Waals surface area contributed by atoms with Crippen LogP contribution in [0.2, 0.25) is 0 Å². The van der Waals surface area contributed by atoms with Gasteiger partial charge in [-0.3, -0.25) is 14.5 Å². The molecule has 2 amide bonds. The van der Waals surface area contributed by atoms with Crippen LogP contribution in [0, 0.1) is 5.41 Å². The van der Waals surface area contributed by atoms with Crippen LogP contribution in [0.25, 0.3) is 0 Å². The van der Waals surface area contributed by atoms with Crippen LogP contribution in [-0.2, 0) is 9.59 Å². The summed E-state index contributed by atoms with van der Waals surface area (Å²) in [6.07, 6.45) is 3.41. The van der Waals surface area contributed by atoms with Gasteiger partial charge in [0.15, 0.2) is 0 Å². The van der Waals surface area contributed by atoms with Crippen LogP contribution < -0.4 is 5.32 Å². The molecule has 0 aliphatic carbocycles. The van der Waals surface area contributed by atoms with E-state index in [-0.39, 0.29) is 29.3 Å². The minimum atomic E-state index is -0.317. The Balaban J connectivity index is 1.89. The Bertz CT molecular complexity index is 402. The predicted molar refractivity (Wildman–Crippen MR) is 82.9 cm³/mol. The second-order valence-electron chi connectivity index (χ2n) is 7.11. The summed E-state index contributed by atoms with van der Waals surface area (Å²) < 4.78 is 0. The Kier molecular flexibility index (Phi) is 5.04. The molecule has 21 heavy (non-hydrogen) atoms. The van der Waals surface area contributed by atoms with Gasteiger partial charge in [0.25, 0.3) is 0 Å². The zero-order chi connectivity index (χ0) is 15.6. The predicted octanol–water partition coefficient (Wildman–Crippen LogP) is 1.23. The molecular formula is C16H29N3O2. The average molecular weight is 295 g/mol. The van der Waals surface area contributed by atoms with E-state index in [1.165, 1.54) is 4.90 Å². The van der Waals surface area contributed by atoms with Crippen LogP contribution in [0.5, 0.6) is 0 Å². The van der Waals surface area contributed by atoms with Crippen LogP contribution in [0.3, 0.4) is 0 Å². The molecule has 1 N–H and O–H groups in total. The molecule has 0 aromatic heterocycles. The summed E-state index contributed by atoms with van der Waals surface area (Å²) in [6, 6.07) is -0.307. The van der Waals surface area contributed by atoms with E-state index in [1.807, 2.05) is 13.8 Å². The van der Waals surface area contributed by atoms with Gasteiger partial charge in [0, 0.05) is 12.6 Å². The van der Waals surface area contributed by atoms with Crippen molar-refractivity contribution in [1.82, 2.24) is 15.1 Å². The number of rotatable bonds is 5. The van der Waals surface area contributed by atoms with Gasteiger partial charge in [-0.05, 0) is 51.7 Å². The van der Waals surface area contributed by atoms with Crippen molar-refractivity contribution in [2.24, 2.45) is 5.41 Å². The molecule has 0 spiro atoms. The van der Waals surface area contributed by atoms with Crippen molar-refractivity contribution in [3.8, 4) is 0 Å². The molecule has 2 heterocycles. The monoisotopic (exact) mass is 295 g/mol. The molecule has 5 nitrogen and oxygen atoms in total. The van der Waals surface area contributed by atoms with Crippen LogP contribution in [0.15, 0.2) is 0 Å². The maximum Gasteiger partial charge on any atom is 0.247 e. The van der Waals surface area contributed by atoms with Gasteiger partial charge in [-0.15, -0.1) is 0 Å². The molecule has 2 unspecified atom stereocenters. The van der Waals surface area contributed by atoms with Crippen LogP contribution in [-0.4, -0.2) is 60.4 Å². The van der Waals surface area contributed by atoms with E-state index in [9.17, 15) is 9.59 Å². The third-order valence-corrected chi connectivity index (χ3v) is 5.18. The number of hydrogen-bond acceptors (Lipinski definition) is 4. The third kappa shape index (κ3) is 3.64. The fourth-order valence-corrected chi connectivity index (χ4v) is 3.16. The lowest BCUT2D eigenvalue weighted by molar-refractivity contribution is -0.141. The maximum absolute atomic E-state index is 12.4. The number of hydrogen-bond donors (Lipinski definition) is 1. The molecule has 5 heteroatoms. The van der Waals surface area contributed by atoms with E-state index >= 15 is 0 Å². The van der Waals surface area contributed by atoms with Gasteiger partial charge in [-0.2, -0.15) is 0 Å². The minimum Gasteiger partial charge on any atom is -0.306 e. The van der Waals surface area contributed by atoms with E-state index < -0.39 is 0 Å². The Morgan fingerprint density at radius 3 is 2.52 bits per heavy atom. The normalized spacial score (nSPS) is 28.2. The summed E-state index contributed by atoms with van der Waals surface area (Å²) in [5.41, 5.74) is 0.236. The highest BCUT2D eigenvalue weighted by Gasteiger charge is 2.41. The minimum absolute atomic E-state index is 0.00992. The number of imide groups is 1. The molecule has 2 saturated heterocycles. The lowest BCUT2D eigenvalue weighted by Crippen LogP contribution is -2.47. The van der Waals surface area contributed by atoms with Gasteiger partial charge in [0.1, 0.15) is 0 Å². The van der Waals surface area contributed by atoms with Crippen molar-refractivity contribution in [3.05, 3.63) is 0 Å². The summed E-state index contributed by atoms with van der Waals surface area (Å²) in [5, 5.41) is 3.37. The number of carbonyl (C=O) groups excluding carboxylic acids is 2. The Hall–Kier alpha value is -0.940. The van der Waals surface area contributed by atoms with Gasteiger partial charge >= 0.3 is 0 Å². The molecule has 2 rings (SSSR count). The van der Waals surface area contributed by atoms with Gasteiger partial charge in [-0.1, -0.05) is 13.8 Å². The molecule has 0 aromatic carbocycles. The van der Waals surface area contributed by atoms with Gasteiger partial charge in [-0.25, -0.2) is 0 Å². The van der Waals surface area contributed by atoms with Crippen molar-refractivity contribution in [1.29, 1.82) is 0 Å². The Labute approximate surface area is 128 Å². The largest absolute Gasteiger partial charge is 0.306 e. The summed E-state index contributed by atoms with van der Waals surface area (Å²) in [5.74, 6) is -0.0636.